The number of aromatic nitrogens is 2. The lowest BCUT2D eigenvalue weighted by molar-refractivity contribution is 0.00606. The van der Waals surface area contributed by atoms with E-state index in [9.17, 15) is 18.4 Å². The van der Waals surface area contributed by atoms with Crippen LogP contribution in [-0.4, -0.2) is 21.4 Å². The van der Waals surface area contributed by atoms with Crippen LogP contribution in [0, 0.1) is 11.6 Å². The summed E-state index contributed by atoms with van der Waals surface area (Å²) >= 11 is 0. The highest BCUT2D eigenvalue weighted by atomic mass is 19.1. The highest BCUT2D eigenvalue weighted by Crippen LogP contribution is 2.15. The number of hydrogen-bond acceptors (Lipinski definition) is 4. The Labute approximate surface area is 125 Å². The second-order valence-corrected chi connectivity index (χ2v) is 5.54. The molecular formula is C15H14F2N2O3. The molecule has 22 heavy (non-hydrogen) atoms. The van der Waals surface area contributed by atoms with Gasteiger partial charge >= 0.3 is 5.97 Å². The number of ether oxygens (including phenoxy) is 1. The van der Waals surface area contributed by atoms with Crippen LogP contribution in [0.15, 0.2) is 35.1 Å². The van der Waals surface area contributed by atoms with Crippen LogP contribution in [0.2, 0.25) is 0 Å². The predicted octanol–water partition coefficient (Wildman–Crippen LogP) is 2.47. The molecule has 0 aliphatic carbocycles. The van der Waals surface area contributed by atoms with Crippen LogP contribution in [0.3, 0.4) is 0 Å². The summed E-state index contributed by atoms with van der Waals surface area (Å²) in [6, 6.07) is 5.29. The van der Waals surface area contributed by atoms with Crippen LogP contribution in [0.1, 0.15) is 31.3 Å². The Bertz CT molecular complexity index is 759. The van der Waals surface area contributed by atoms with E-state index in [1.54, 1.807) is 20.8 Å². The molecule has 7 heteroatoms. The molecule has 0 saturated heterocycles. The first kappa shape index (κ1) is 15.8. The number of halogens is 2. The van der Waals surface area contributed by atoms with Crippen molar-refractivity contribution in [2.45, 2.75) is 26.4 Å². The summed E-state index contributed by atoms with van der Waals surface area (Å²) < 4.78 is 33.1. The number of rotatable bonds is 2. The normalized spacial score (nSPS) is 11.3. The van der Waals surface area contributed by atoms with E-state index >= 15 is 0 Å². The minimum Gasteiger partial charge on any atom is -0.455 e. The smallest absolute Gasteiger partial charge is 0.359 e. The second kappa shape index (κ2) is 5.67. The van der Waals surface area contributed by atoms with Gasteiger partial charge in [-0.15, -0.1) is 0 Å². The van der Waals surface area contributed by atoms with Crippen LogP contribution in [0.5, 0.6) is 0 Å². The fraction of sp³-hybridized carbons (Fsp3) is 0.267. The van der Waals surface area contributed by atoms with Crippen LogP contribution in [0.4, 0.5) is 8.78 Å². The topological polar surface area (TPSA) is 61.2 Å². The molecule has 0 bridgehead atoms. The summed E-state index contributed by atoms with van der Waals surface area (Å²) in [4.78, 5) is 23.7. The average molecular weight is 308 g/mol. The molecule has 0 aliphatic heterocycles. The molecule has 2 rings (SSSR count). The Morgan fingerprint density at radius 1 is 1.14 bits per heavy atom. The molecule has 0 atom stereocenters. The van der Waals surface area contributed by atoms with E-state index in [1.807, 2.05) is 0 Å². The largest absolute Gasteiger partial charge is 0.455 e. The maximum absolute atomic E-state index is 13.8. The lowest BCUT2D eigenvalue weighted by atomic mass is 10.2. The van der Waals surface area contributed by atoms with E-state index in [1.165, 1.54) is 0 Å². The zero-order valence-corrected chi connectivity index (χ0v) is 12.3. The van der Waals surface area contributed by atoms with Crippen molar-refractivity contribution in [1.82, 2.24) is 9.78 Å². The Hall–Kier alpha value is -2.57. The first-order valence-electron chi connectivity index (χ1n) is 6.47. The molecule has 0 N–H and O–H groups in total. The van der Waals surface area contributed by atoms with Crippen molar-refractivity contribution in [3.05, 3.63) is 58.0 Å². The third kappa shape index (κ3) is 3.36. The third-order valence-corrected chi connectivity index (χ3v) is 2.56. The molecule has 116 valence electrons. The van der Waals surface area contributed by atoms with E-state index in [4.69, 9.17) is 4.74 Å². The number of nitrogens with zero attached hydrogens (tertiary/aromatic N) is 2. The third-order valence-electron chi connectivity index (χ3n) is 2.56. The monoisotopic (exact) mass is 308 g/mol. The molecule has 2 aromatic rings. The minimum atomic E-state index is -0.962. The Balaban J connectivity index is 2.53. The summed E-state index contributed by atoms with van der Waals surface area (Å²) in [6.07, 6.45) is 0. The van der Waals surface area contributed by atoms with E-state index in [0.29, 0.717) is 4.68 Å². The quantitative estimate of drug-likeness (QED) is 0.800. The van der Waals surface area contributed by atoms with Gasteiger partial charge in [-0.2, -0.15) is 9.78 Å². The van der Waals surface area contributed by atoms with Crippen molar-refractivity contribution in [3.63, 3.8) is 0 Å². The zero-order chi connectivity index (χ0) is 16.5. The van der Waals surface area contributed by atoms with Gasteiger partial charge in [0.1, 0.15) is 11.3 Å². The molecular weight excluding hydrogens is 294 g/mol. The van der Waals surface area contributed by atoms with Crippen molar-refractivity contribution >= 4 is 5.97 Å². The van der Waals surface area contributed by atoms with Crippen molar-refractivity contribution in [1.29, 1.82) is 0 Å². The van der Waals surface area contributed by atoms with Gasteiger partial charge in [-0.05, 0) is 39.0 Å². The number of benzene rings is 1. The minimum absolute atomic E-state index is 0.225. The van der Waals surface area contributed by atoms with Crippen molar-refractivity contribution in [2.24, 2.45) is 0 Å². The Kier molecular flexibility index (Phi) is 4.07. The van der Waals surface area contributed by atoms with Crippen LogP contribution in [-0.2, 0) is 4.74 Å². The Morgan fingerprint density at radius 2 is 1.73 bits per heavy atom. The first-order chi connectivity index (χ1) is 10.2. The maximum Gasteiger partial charge on any atom is 0.359 e. The van der Waals surface area contributed by atoms with E-state index in [-0.39, 0.29) is 5.69 Å². The van der Waals surface area contributed by atoms with Gasteiger partial charge in [0.15, 0.2) is 17.3 Å². The predicted molar refractivity (Wildman–Crippen MR) is 74.9 cm³/mol. The van der Waals surface area contributed by atoms with Gasteiger partial charge in [-0.3, -0.25) is 4.79 Å². The van der Waals surface area contributed by atoms with Gasteiger partial charge in [0, 0.05) is 6.07 Å². The summed E-state index contributed by atoms with van der Waals surface area (Å²) in [6.45, 7) is 4.99. The average Bonchev–Trinajstić information content (AvgIpc) is 2.38. The number of para-hydroxylation sites is 1. The lowest BCUT2D eigenvalue weighted by Gasteiger charge is -2.19. The lowest BCUT2D eigenvalue weighted by Crippen LogP contribution is -2.28. The molecule has 0 fully saturated rings. The molecule has 0 radical (unpaired) electrons. The highest BCUT2D eigenvalue weighted by Gasteiger charge is 2.21. The van der Waals surface area contributed by atoms with Crippen LogP contribution >= 0.6 is 0 Å². The summed E-state index contributed by atoms with van der Waals surface area (Å²) in [5.74, 6) is -2.72. The molecule has 0 amide bonds. The van der Waals surface area contributed by atoms with Crippen LogP contribution < -0.4 is 5.56 Å². The van der Waals surface area contributed by atoms with Gasteiger partial charge in [-0.25, -0.2) is 13.6 Å². The molecule has 1 aromatic heterocycles. The number of carbonyl (C=O) groups excluding carboxylic acids is 1. The second-order valence-electron chi connectivity index (χ2n) is 5.54. The van der Waals surface area contributed by atoms with Crippen LogP contribution in [0.25, 0.3) is 5.69 Å². The fourth-order valence-electron chi connectivity index (χ4n) is 1.70. The number of carbonyl (C=O) groups is 1. The first-order valence-corrected chi connectivity index (χ1v) is 6.47. The summed E-state index contributed by atoms with van der Waals surface area (Å²) in [5.41, 5.74) is -2.39. The van der Waals surface area contributed by atoms with Gasteiger partial charge in [0.05, 0.1) is 0 Å². The SMILES string of the molecule is CC(C)(C)OC(=O)c1ccc(=O)n(-c2c(F)cccc2F)n1. The van der Waals surface area contributed by atoms with E-state index in [0.717, 1.165) is 30.3 Å². The van der Waals surface area contributed by atoms with E-state index < -0.39 is 34.5 Å². The standard InChI is InChI=1S/C15H14F2N2O3/c1-15(2,3)22-14(21)11-7-8-12(20)19(18-11)13-9(16)5-4-6-10(13)17/h4-8H,1-3H3. The van der Waals surface area contributed by atoms with Crippen molar-refractivity contribution in [3.8, 4) is 5.69 Å². The zero-order valence-electron chi connectivity index (χ0n) is 12.3. The van der Waals surface area contributed by atoms with Gasteiger partial charge in [0.25, 0.3) is 5.56 Å². The number of esters is 1. The molecule has 1 aromatic carbocycles. The van der Waals surface area contributed by atoms with Gasteiger partial charge in [-0.1, -0.05) is 6.07 Å². The molecule has 1 heterocycles. The molecule has 5 nitrogen and oxygen atoms in total. The van der Waals surface area contributed by atoms with E-state index in [2.05, 4.69) is 5.10 Å². The maximum atomic E-state index is 13.8. The van der Waals surface area contributed by atoms with Gasteiger partial charge in [0.2, 0.25) is 0 Å². The van der Waals surface area contributed by atoms with Crippen molar-refractivity contribution < 1.29 is 18.3 Å². The van der Waals surface area contributed by atoms with Crippen molar-refractivity contribution in [2.75, 3.05) is 0 Å². The fourth-order valence-corrected chi connectivity index (χ4v) is 1.70. The number of hydrogen-bond donors (Lipinski definition) is 0. The van der Waals surface area contributed by atoms with Gasteiger partial charge < -0.3 is 4.74 Å². The summed E-state index contributed by atoms with van der Waals surface area (Å²) in [7, 11) is 0. The molecule has 0 saturated carbocycles. The Morgan fingerprint density at radius 3 is 2.27 bits per heavy atom. The molecule has 0 aliphatic rings. The summed E-state index contributed by atoms with van der Waals surface area (Å²) in [5, 5.41) is 3.70. The molecule has 0 unspecified atom stereocenters. The highest BCUT2D eigenvalue weighted by molar-refractivity contribution is 5.87. The molecule has 0 spiro atoms.